The summed E-state index contributed by atoms with van der Waals surface area (Å²) in [5, 5.41) is 1.05. The average Bonchev–Trinajstić information content (AvgIpc) is 2.79. The Morgan fingerprint density at radius 1 is 0.692 bits per heavy atom. The van der Waals surface area contributed by atoms with Crippen LogP contribution in [0.25, 0.3) is 5.57 Å². The molecule has 0 N–H and O–H groups in total. The largest absolute Gasteiger partial charge is 0.435 e. The molecule has 0 aliphatic carbocycles. The second-order valence-electron chi connectivity index (χ2n) is 14.4. The van der Waals surface area contributed by atoms with Crippen LogP contribution in [-0.2, 0) is 13.8 Å². The van der Waals surface area contributed by atoms with Gasteiger partial charge in [-0.3, -0.25) is 0 Å². The van der Waals surface area contributed by atoms with Gasteiger partial charge in [0.15, 0.2) is 8.32 Å². The Balaban J connectivity index is 2.30. The Hall–Kier alpha value is -1.81. The number of hydrogen-bond acceptors (Lipinski definition) is 2. The van der Waals surface area contributed by atoms with Crippen molar-refractivity contribution >= 4 is 37.6 Å². The van der Waals surface area contributed by atoms with E-state index in [2.05, 4.69) is 152 Å². The van der Waals surface area contributed by atoms with Crippen LogP contribution in [0.1, 0.15) is 33.4 Å². The van der Waals surface area contributed by atoms with E-state index < -0.39 is 37.3 Å². The van der Waals surface area contributed by atoms with Crippen molar-refractivity contribution in [1.82, 2.24) is 0 Å². The molecular formula is C33H48O2Si4. The van der Waals surface area contributed by atoms with Crippen molar-refractivity contribution in [2.75, 3.05) is 0 Å². The molecule has 2 nitrogen and oxygen atoms in total. The predicted molar refractivity (Wildman–Crippen MR) is 179 cm³/mol. The second kappa shape index (κ2) is 10.2. The van der Waals surface area contributed by atoms with Crippen LogP contribution in [0.2, 0.25) is 58.9 Å². The van der Waals surface area contributed by atoms with Gasteiger partial charge in [0.2, 0.25) is 0 Å². The van der Waals surface area contributed by atoms with E-state index in [0.717, 1.165) is 0 Å². The number of benzene rings is 3. The molecule has 3 aromatic carbocycles. The van der Waals surface area contributed by atoms with Crippen molar-refractivity contribution in [2.45, 2.75) is 84.9 Å². The zero-order chi connectivity index (χ0) is 29.0. The molecule has 1 heterocycles. The lowest BCUT2D eigenvalue weighted by Gasteiger charge is -2.67. The molecule has 6 heteroatoms. The molecule has 1 aliphatic heterocycles. The lowest BCUT2D eigenvalue weighted by molar-refractivity contribution is 0.0936. The SMILES string of the molecule is Cc1cc(C)c([C@@]2([Si](C)(C)C)O[Si@](O[Si](C)(C)C)([Si](C)(C)C)C2=C(c2ccccc2)c2ccccc2)c(C)c1. The minimum Gasteiger partial charge on any atom is -0.435 e. The molecule has 208 valence electrons. The first-order valence-corrected chi connectivity index (χ1v) is 27.5. The molecule has 1 saturated heterocycles. The zero-order valence-corrected chi connectivity index (χ0v) is 30.2. The van der Waals surface area contributed by atoms with E-state index in [0.29, 0.717) is 0 Å². The van der Waals surface area contributed by atoms with Gasteiger partial charge in [-0.15, -0.1) is 0 Å². The van der Waals surface area contributed by atoms with Crippen molar-refractivity contribution in [3.05, 3.63) is 111 Å². The minimum atomic E-state index is -2.81. The van der Waals surface area contributed by atoms with Gasteiger partial charge < -0.3 is 8.54 Å². The topological polar surface area (TPSA) is 18.5 Å². The summed E-state index contributed by atoms with van der Waals surface area (Å²) < 4.78 is 15.4. The van der Waals surface area contributed by atoms with E-state index >= 15 is 0 Å². The fourth-order valence-corrected chi connectivity index (χ4v) is 30.7. The molecule has 39 heavy (non-hydrogen) atoms. The molecule has 0 saturated carbocycles. The molecule has 0 radical (unpaired) electrons. The number of rotatable bonds is 7. The van der Waals surface area contributed by atoms with Gasteiger partial charge in [-0.1, -0.05) is 118 Å². The van der Waals surface area contributed by atoms with E-state index in [1.807, 2.05) is 0 Å². The summed E-state index contributed by atoms with van der Waals surface area (Å²) in [4.78, 5) is 0. The first-order chi connectivity index (χ1) is 17.9. The highest BCUT2D eigenvalue weighted by Crippen LogP contribution is 2.63. The molecule has 0 unspecified atom stereocenters. The van der Waals surface area contributed by atoms with Crippen LogP contribution in [0.3, 0.4) is 0 Å². The standard InChI is InChI=1S/C33H48O2Si4/c1-25-23-26(2)31(27(3)24-25)33(36(4,5)6)32(39(34-33,38(10,11)12)35-37(7,8)9)30(28-19-15-13-16-20-28)29-21-17-14-18-22-29/h13-24H,1-12H3/t33-,39+/m0/s1. The molecule has 4 rings (SSSR count). The second-order valence-corrected chi connectivity index (χ2v) is 37.5. The Morgan fingerprint density at radius 2 is 1.13 bits per heavy atom. The summed E-state index contributed by atoms with van der Waals surface area (Å²) in [6, 6.07) is 26.8. The fraction of sp³-hybridized carbons (Fsp3) is 0.394. The van der Waals surface area contributed by atoms with Gasteiger partial charge in [0.25, 0.3) is 0 Å². The van der Waals surface area contributed by atoms with Crippen LogP contribution >= 0.6 is 0 Å². The maximum absolute atomic E-state index is 7.86. The summed E-state index contributed by atoms with van der Waals surface area (Å²) in [5.41, 5.74) is 9.23. The summed E-state index contributed by atoms with van der Waals surface area (Å²) in [5.74, 6) is 0. The molecule has 1 aliphatic rings. The van der Waals surface area contributed by atoms with Gasteiger partial charge >= 0.3 is 8.08 Å². The summed E-state index contributed by atoms with van der Waals surface area (Å²) >= 11 is 0. The lowest BCUT2D eigenvalue weighted by Crippen LogP contribution is -2.83. The normalized spacial score (nSPS) is 22.0. The Labute approximate surface area is 241 Å². The first kappa shape index (κ1) is 30.2. The molecule has 3 aromatic rings. The van der Waals surface area contributed by atoms with E-state index in [9.17, 15) is 0 Å². The monoisotopic (exact) mass is 588 g/mol. The van der Waals surface area contributed by atoms with Crippen LogP contribution in [0, 0.1) is 20.8 Å². The molecular weight excluding hydrogens is 541 g/mol. The maximum Gasteiger partial charge on any atom is 0.338 e. The highest BCUT2D eigenvalue weighted by molar-refractivity contribution is 7.41. The highest BCUT2D eigenvalue weighted by atomic mass is 29.3. The summed E-state index contributed by atoms with van der Waals surface area (Å²) in [6.07, 6.45) is 0. The van der Waals surface area contributed by atoms with Gasteiger partial charge in [-0.25, -0.2) is 0 Å². The first-order valence-electron chi connectivity index (χ1n) is 14.3. The van der Waals surface area contributed by atoms with Crippen LogP contribution < -0.4 is 0 Å². The molecule has 2 atom stereocenters. The van der Waals surface area contributed by atoms with Gasteiger partial charge in [0.05, 0.1) is 13.3 Å². The van der Waals surface area contributed by atoms with Crippen LogP contribution in [-0.4, -0.2) is 32.1 Å². The number of hydrogen-bond donors (Lipinski definition) is 0. The third-order valence-corrected chi connectivity index (χ3v) is 26.4. The molecule has 1 fully saturated rings. The van der Waals surface area contributed by atoms with Crippen molar-refractivity contribution in [1.29, 1.82) is 0 Å². The zero-order valence-electron chi connectivity index (χ0n) is 26.2. The Morgan fingerprint density at radius 3 is 1.49 bits per heavy atom. The predicted octanol–water partition coefficient (Wildman–Crippen LogP) is 9.47. The molecule has 0 amide bonds. The lowest BCUT2D eigenvalue weighted by atomic mass is 9.90. The maximum atomic E-state index is 7.86. The smallest absolute Gasteiger partial charge is 0.338 e. The van der Waals surface area contributed by atoms with Crippen LogP contribution in [0.15, 0.2) is 78.0 Å². The van der Waals surface area contributed by atoms with Crippen LogP contribution in [0.5, 0.6) is 0 Å². The van der Waals surface area contributed by atoms with E-state index in [-0.39, 0.29) is 0 Å². The van der Waals surface area contributed by atoms with Crippen molar-refractivity contribution < 1.29 is 8.54 Å². The fourth-order valence-electron chi connectivity index (χ4n) is 6.51. The van der Waals surface area contributed by atoms with Gasteiger partial charge in [-0.2, -0.15) is 0 Å². The van der Waals surface area contributed by atoms with E-state index in [1.165, 1.54) is 44.2 Å². The quantitative estimate of drug-likeness (QED) is 0.256. The van der Waals surface area contributed by atoms with Crippen LogP contribution in [0.4, 0.5) is 0 Å². The van der Waals surface area contributed by atoms with Gasteiger partial charge in [0.1, 0.15) is 7.59 Å². The molecule has 0 spiro atoms. The Bertz CT molecular complexity index is 1310. The van der Waals surface area contributed by atoms with E-state index in [4.69, 9.17) is 8.54 Å². The molecule has 0 bridgehead atoms. The summed E-state index contributed by atoms with van der Waals surface area (Å²) in [6.45, 7) is 28.7. The Kier molecular flexibility index (Phi) is 7.91. The average molecular weight is 589 g/mol. The third kappa shape index (κ3) is 5.20. The highest BCUT2D eigenvalue weighted by Gasteiger charge is 2.76. The third-order valence-electron chi connectivity index (χ3n) is 7.88. The van der Waals surface area contributed by atoms with Gasteiger partial charge in [0, 0.05) is 5.20 Å². The summed E-state index contributed by atoms with van der Waals surface area (Å²) in [7, 11) is -8.82. The minimum absolute atomic E-state index is 0.456. The number of aryl methyl sites for hydroxylation is 3. The molecule has 0 aromatic heterocycles. The van der Waals surface area contributed by atoms with Crippen molar-refractivity contribution in [3.63, 3.8) is 0 Å². The van der Waals surface area contributed by atoms with Crippen molar-refractivity contribution in [2.24, 2.45) is 0 Å². The van der Waals surface area contributed by atoms with E-state index in [1.54, 1.807) is 0 Å². The van der Waals surface area contributed by atoms with Crippen molar-refractivity contribution in [3.8, 4) is 0 Å². The van der Waals surface area contributed by atoms with Gasteiger partial charge in [-0.05, 0) is 73.8 Å².